The van der Waals surface area contributed by atoms with Gasteiger partial charge in [-0.1, -0.05) is 28.1 Å². The molecular formula is C12H14BrN3S2. The Morgan fingerprint density at radius 1 is 1.50 bits per heavy atom. The van der Waals surface area contributed by atoms with Crippen molar-refractivity contribution < 1.29 is 0 Å². The third-order valence-electron chi connectivity index (χ3n) is 2.52. The van der Waals surface area contributed by atoms with E-state index in [0.29, 0.717) is 5.82 Å². The number of aromatic nitrogens is 1. The zero-order valence-corrected chi connectivity index (χ0v) is 13.4. The highest BCUT2D eigenvalue weighted by Crippen LogP contribution is 2.37. The van der Waals surface area contributed by atoms with E-state index in [4.69, 9.17) is 5.73 Å². The average molecular weight is 344 g/mol. The lowest BCUT2D eigenvalue weighted by Crippen LogP contribution is -2.15. The van der Waals surface area contributed by atoms with Crippen molar-refractivity contribution in [1.29, 1.82) is 0 Å². The predicted octanol–water partition coefficient (Wildman–Crippen LogP) is 3.85. The smallest absolute Gasteiger partial charge is 0.153 e. The van der Waals surface area contributed by atoms with Gasteiger partial charge in [-0.2, -0.15) is 4.37 Å². The van der Waals surface area contributed by atoms with E-state index in [0.717, 1.165) is 20.9 Å². The monoisotopic (exact) mass is 343 g/mol. The van der Waals surface area contributed by atoms with E-state index < -0.39 is 0 Å². The molecule has 6 heteroatoms. The third-order valence-corrected chi connectivity index (χ3v) is 4.93. The van der Waals surface area contributed by atoms with Crippen molar-refractivity contribution in [2.75, 3.05) is 23.9 Å². The highest BCUT2D eigenvalue weighted by atomic mass is 79.9. The summed E-state index contributed by atoms with van der Waals surface area (Å²) in [7, 11) is 2.06. The van der Waals surface area contributed by atoms with E-state index >= 15 is 0 Å². The second-order valence-corrected chi connectivity index (χ2v) is 6.38. The van der Waals surface area contributed by atoms with E-state index in [-0.39, 0.29) is 0 Å². The molecule has 0 atom stereocenters. The van der Waals surface area contributed by atoms with E-state index in [1.165, 1.54) is 17.1 Å². The molecule has 0 radical (unpaired) electrons. The van der Waals surface area contributed by atoms with Gasteiger partial charge in [-0.3, -0.25) is 0 Å². The Kier molecular flexibility index (Phi) is 4.53. The van der Waals surface area contributed by atoms with Crippen molar-refractivity contribution in [3.63, 3.8) is 0 Å². The number of anilines is 2. The van der Waals surface area contributed by atoms with E-state index in [2.05, 4.69) is 44.4 Å². The molecule has 2 rings (SSSR count). The third kappa shape index (κ3) is 2.99. The van der Waals surface area contributed by atoms with E-state index in [1.54, 1.807) is 11.8 Å². The lowest BCUT2D eigenvalue weighted by Gasteiger charge is -2.18. The van der Waals surface area contributed by atoms with Gasteiger partial charge in [0, 0.05) is 18.1 Å². The molecule has 2 N–H and O–H groups in total. The molecule has 0 saturated carbocycles. The fourth-order valence-electron chi connectivity index (χ4n) is 1.70. The van der Waals surface area contributed by atoms with Crippen LogP contribution in [-0.2, 0) is 6.54 Å². The van der Waals surface area contributed by atoms with Crippen molar-refractivity contribution >= 4 is 50.0 Å². The Bertz CT molecular complexity index is 542. The van der Waals surface area contributed by atoms with E-state index in [1.807, 2.05) is 18.4 Å². The van der Waals surface area contributed by atoms with Gasteiger partial charge in [-0.15, -0.1) is 11.8 Å². The molecule has 0 aliphatic heterocycles. The summed E-state index contributed by atoms with van der Waals surface area (Å²) in [5.74, 6) is 0.628. The van der Waals surface area contributed by atoms with Crippen LogP contribution in [0, 0.1) is 0 Å². The maximum Gasteiger partial charge on any atom is 0.153 e. The molecule has 1 aromatic carbocycles. The van der Waals surface area contributed by atoms with Crippen molar-refractivity contribution in [1.82, 2.24) is 4.37 Å². The van der Waals surface area contributed by atoms with Crippen LogP contribution in [0.25, 0.3) is 0 Å². The van der Waals surface area contributed by atoms with Crippen LogP contribution < -0.4 is 10.6 Å². The minimum absolute atomic E-state index is 0.628. The number of nitrogens with two attached hydrogens (primary N) is 1. The first-order chi connectivity index (χ1) is 8.61. The molecule has 0 bridgehead atoms. The number of benzene rings is 1. The molecule has 1 aromatic heterocycles. The molecule has 0 spiro atoms. The molecule has 1 heterocycles. The highest BCUT2D eigenvalue weighted by Gasteiger charge is 2.14. The lowest BCUT2D eigenvalue weighted by atomic mass is 10.2. The van der Waals surface area contributed by atoms with Gasteiger partial charge in [0.25, 0.3) is 0 Å². The SMILES string of the molecule is CSc1c(N)nsc1N(C)Cc1cccc(Br)c1. The summed E-state index contributed by atoms with van der Waals surface area (Å²) in [5.41, 5.74) is 7.11. The minimum Gasteiger partial charge on any atom is -0.382 e. The van der Waals surface area contributed by atoms with Gasteiger partial charge in [0.2, 0.25) is 0 Å². The average Bonchev–Trinajstić information content (AvgIpc) is 2.70. The Morgan fingerprint density at radius 3 is 2.94 bits per heavy atom. The first kappa shape index (κ1) is 13.7. The molecule has 18 heavy (non-hydrogen) atoms. The van der Waals surface area contributed by atoms with Crippen LogP contribution in [0.3, 0.4) is 0 Å². The number of hydrogen-bond donors (Lipinski definition) is 1. The van der Waals surface area contributed by atoms with Crippen LogP contribution in [0.2, 0.25) is 0 Å². The van der Waals surface area contributed by atoms with Crippen molar-refractivity contribution in [2.45, 2.75) is 11.4 Å². The fraction of sp³-hybridized carbons (Fsp3) is 0.250. The van der Waals surface area contributed by atoms with Gasteiger partial charge >= 0.3 is 0 Å². The summed E-state index contributed by atoms with van der Waals surface area (Å²) in [6.45, 7) is 0.842. The number of nitrogen functional groups attached to an aromatic ring is 1. The number of nitrogens with zero attached hydrogens (tertiary/aromatic N) is 2. The maximum absolute atomic E-state index is 5.85. The largest absolute Gasteiger partial charge is 0.382 e. The number of thioether (sulfide) groups is 1. The summed E-state index contributed by atoms with van der Waals surface area (Å²) in [5, 5.41) is 1.12. The predicted molar refractivity (Wildman–Crippen MR) is 84.6 cm³/mol. The molecule has 0 fully saturated rings. The first-order valence-electron chi connectivity index (χ1n) is 5.36. The summed E-state index contributed by atoms with van der Waals surface area (Å²) >= 11 is 6.58. The van der Waals surface area contributed by atoms with Crippen molar-refractivity contribution in [3.8, 4) is 0 Å². The van der Waals surface area contributed by atoms with Crippen molar-refractivity contribution in [2.24, 2.45) is 0 Å². The molecule has 3 nitrogen and oxygen atoms in total. The Hall–Kier alpha value is -0.720. The zero-order valence-electron chi connectivity index (χ0n) is 10.2. The van der Waals surface area contributed by atoms with Gasteiger partial charge in [-0.25, -0.2) is 0 Å². The molecule has 0 amide bonds. The number of rotatable bonds is 4. The lowest BCUT2D eigenvalue weighted by molar-refractivity contribution is 0.924. The second kappa shape index (κ2) is 5.95. The van der Waals surface area contributed by atoms with Crippen LogP contribution in [0.1, 0.15) is 5.56 Å². The van der Waals surface area contributed by atoms with Gasteiger partial charge in [0.15, 0.2) is 5.82 Å². The first-order valence-corrected chi connectivity index (χ1v) is 8.15. The number of hydrogen-bond acceptors (Lipinski definition) is 5. The molecule has 0 aliphatic rings. The molecule has 2 aromatic rings. The summed E-state index contributed by atoms with van der Waals surface area (Å²) < 4.78 is 5.31. The Morgan fingerprint density at radius 2 is 2.28 bits per heavy atom. The van der Waals surface area contributed by atoms with Crippen LogP contribution in [0.5, 0.6) is 0 Å². The molecule has 0 unspecified atom stereocenters. The normalized spacial score (nSPS) is 10.6. The summed E-state index contributed by atoms with van der Waals surface area (Å²) in [4.78, 5) is 3.25. The highest BCUT2D eigenvalue weighted by molar-refractivity contribution is 9.10. The Balaban J connectivity index is 2.19. The quantitative estimate of drug-likeness (QED) is 0.856. The van der Waals surface area contributed by atoms with Gasteiger partial charge < -0.3 is 10.6 Å². The minimum atomic E-state index is 0.628. The zero-order chi connectivity index (χ0) is 13.1. The maximum atomic E-state index is 5.85. The molecule has 0 saturated heterocycles. The van der Waals surface area contributed by atoms with Crippen LogP contribution in [0.4, 0.5) is 10.8 Å². The van der Waals surface area contributed by atoms with Gasteiger partial charge in [0.1, 0.15) is 5.00 Å². The molecule has 96 valence electrons. The van der Waals surface area contributed by atoms with Gasteiger partial charge in [-0.05, 0) is 35.5 Å². The number of halogens is 1. The van der Waals surface area contributed by atoms with Gasteiger partial charge in [0.05, 0.1) is 4.90 Å². The van der Waals surface area contributed by atoms with Crippen LogP contribution in [-0.4, -0.2) is 17.7 Å². The fourth-order valence-corrected chi connectivity index (χ4v) is 3.82. The standard InChI is InChI=1S/C12H14BrN3S2/c1-16(7-8-4-3-5-9(13)6-8)12-10(17-2)11(14)15-18-12/h3-6H,7H2,1-2H3,(H2,14,15). The Labute approximate surface area is 124 Å². The van der Waals surface area contributed by atoms with Crippen LogP contribution in [0.15, 0.2) is 33.6 Å². The molecule has 0 aliphatic carbocycles. The molecular weight excluding hydrogens is 330 g/mol. The second-order valence-electron chi connectivity index (χ2n) is 3.89. The van der Waals surface area contributed by atoms with Crippen molar-refractivity contribution in [3.05, 3.63) is 34.3 Å². The van der Waals surface area contributed by atoms with E-state index in [9.17, 15) is 0 Å². The van der Waals surface area contributed by atoms with Crippen LogP contribution >= 0.6 is 39.2 Å². The summed E-state index contributed by atoms with van der Waals surface area (Å²) in [6, 6.07) is 8.31. The topological polar surface area (TPSA) is 42.1 Å². The summed E-state index contributed by atoms with van der Waals surface area (Å²) in [6.07, 6.45) is 2.02.